The maximum absolute atomic E-state index is 12.3. The van der Waals surface area contributed by atoms with Gasteiger partial charge in [0.1, 0.15) is 0 Å². The Labute approximate surface area is 127 Å². The summed E-state index contributed by atoms with van der Waals surface area (Å²) in [5.41, 5.74) is -0.0330. The Morgan fingerprint density at radius 1 is 1.38 bits per heavy atom. The van der Waals surface area contributed by atoms with Gasteiger partial charge < -0.3 is 10.1 Å². The molecule has 1 amide bonds. The summed E-state index contributed by atoms with van der Waals surface area (Å²) in [6.45, 7) is 0. The van der Waals surface area contributed by atoms with E-state index in [2.05, 4.69) is 5.32 Å². The lowest BCUT2D eigenvalue weighted by Gasteiger charge is -2.26. The molecule has 1 aromatic carbocycles. The molecule has 1 aliphatic rings. The number of alkyl halides is 1. The number of hydrogen-bond donors (Lipinski definition) is 1. The maximum Gasteiger partial charge on any atom is 0.311 e. The van der Waals surface area contributed by atoms with Gasteiger partial charge in [-0.15, -0.1) is 11.6 Å². The zero-order valence-corrected chi connectivity index (χ0v) is 12.4. The van der Waals surface area contributed by atoms with Crippen LogP contribution in [0.2, 0.25) is 0 Å². The van der Waals surface area contributed by atoms with E-state index in [1.54, 1.807) is 0 Å². The van der Waals surface area contributed by atoms with E-state index in [-0.39, 0.29) is 34.3 Å². The molecule has 1 aromatic rings. The van der Waals surface area contributed by atoms with Gasteiger partial charge in [0.2, 0.25) is 5.75 Å². The van der Waals surface area contributed by atoms with Gasteiger partial charge in [-0.25, -0.2) is 0 Å². The van der Waals surface area contributed by atoms with Gasteiger partial charge >= 0.3 is 5.69 Å². The van der Waals surface area contributed by atoms with E-state index in [0.717, 1.165) is 25.7 Å². The van der Waals surface area contributed by atoms with Crippen molar-refractivity contribution in [1.82, 2.24) is 5.32 Å². The number of nitrogens with zero attached hydrogens (tertiary/aromatic N) is 1. The Hall–Kier alpha value is -1.82. The summed E-state index contributed by atoms with van der Waals surface area (Å²) >= 11 is 6.03. The lowest BCUT2D eigenvalue weighted by Crippen LogP contribution is -2.38. The molecule has 6 nitrogen and oxygen atoms in total. The zero-order chi connectivity index (χ0) is 15.4. The first kappa shape index (κ1) is 15.6. The van der Waals surface area contributed by atoms with Gasteiger partial charge in [0, 0.05) is 17.5 Å². The number of carbonyl (C=O) groups is 1. The molecule has 0 saturated heterocycles. The lowest BCUT2D eigenvalue weighted by molar-refractivity contribution is -0.385. The second kappa shape index (κ2) is 6.76. The van der Waals surface area contributed by atoms with Crippen molar-refractivity contribution in [3.63, 3.8) is 0 Å². The van der Waals surface area contributed by atoms with E-state index >= 15 is 0 Å². The number of methoxy groups -OCH3 is 1. The molecule has 1 fully saturated rings. The number of hydrogen-bond acceptors (Lipinski definition) is 4. The molecule has 21 heavy (non-hydrogen) atoms. The standard InChI is InChI=1S/C14H17ClN2O4/c1-21-13-11(3-2-4-12(13)17(19)20)14(18)16-10-7-5-9(15)6-8-10/h2-4,9-10H,5-8H2,1H3,(H,16,18). The molecule has 0 aliphatic heterocycles. The summed E-state index contributed by atoms with van der Waals surface area (Å²) in [4.78, 5) is 22.7. The van der Waals surface area contributed by atoms with Gasteiger partial charge in [-0.3, -0.25) is 14.9 Å². The van der Waals surface area contributed by atoms with Gasteiger partial charge in [-0.1, -0.05) is 6.07 Å². The highest BCUT2D eigenvalue weighted by atomic mass is 35.5. The molecule has 0 atom stereocenters. The monoisotopic (exact) mass is 312 g/mol. The van der Waals surface area contributed by atoms with Crippen LogP contribution in [0.25, 0.3) is 0 Å². The molecule has 0 bridgehead atoms. The van der Waals surface area contributed by atoms with E-state index in [9.17, 15) is 14.9 Å². The van der Waals surface area contributed by atoms with E-state index in [1.807, 2.05) is 0 Å². The van der Waals surface area contributed by atoms with Crippen LogP contribution in [0.3, 0.4) is 0 Å². The predicted octanol–water partition coefficient (Wildman–Crippen LogP) is 2.88. The number of nitrogens with one attached hydrogen (secondary N) is 1. The number of para-hydroxylation sites is 1. The van der Waals surface area contributed by atoms with Gasteiger partial charge in [0.15, 0.2) is 0 Å². The molecule has 2 rings (SSSR count). The van der Waals surface area contributed by atoms with E-state index < -0.39 is 4.92 Å². The molecule has 0 aromatic heterocycles. The molecule has 1 N–H and O–H groups in total. The topological polar surface area (TPSA) is 81.5 Å². The van der Waals surface area contributed by atoms with Crippen LogP contribution >= 0.6 is 11.6 Å². The molecule has 0 radical (unpaired) electrons. The molecule has 1 aliphatic carbocycles. The smallest absolute Gasteiger partial charge is 0.311 e. The van der Waals surface area contributed by atoms with Crippen molar-refractivity contribution in [3.05, 3.63) is 33.9 Å². The first-order valence-electron chi connectivity index (χ1n) is 6.79. The third-order valence-corrected chi connectivity index (χ3v) is 4.07. The lowest BCUT2D eigenvalue weighted by atomic mass is 9.94. The number of nitro groups is 1. The van der Waals surface area contributed by atoms with Crippen molar-refractivity contribution >= 4 is 23.2 Å². The number of rotatable bonds is 4. The minimum Gasteiger partial charge on any atom is -0.490 e. The van der Waals surface area contributed by atoms with Gasteiger partial charge in [0.05, 0.1) is 17.6 Å². The minimum absolute atomic E-state index is 0.00831. The highest BCUT2D eigenvalue weighted by Crippen LogP contribution is 2.31. The van der Waals surface area contributed by atoms with Crippen LogP contribution in [0.4, 0.5) is 5.69 Å². The van der Waals surface area contributed by atoms with Crippen molar-refractivity contribution in [2.75, 3.05) is 7.11 Å². The number of ether oxygens (including phenoxy) is 1. The Morgan fingerprint density at radius 3 is 2.62 bits per heavy atom. The normalized spacial score (nSPS) is 21.6. The molecule has 0 unspecified atom stereocenters. The average Bonchev–Trinajstić information content (AvgIpc) is 2.48. The molecule has 114 valence electrons. The number of amides is 1. The summed E-state index contributed by atoms with van der Waals surface area (Å²) < 4.78 is 5.04. The van der Waals surface area contributed by atoms with E-state index in [1.165, 1.54) is 25.3 Å². The number of carbonyl (C=O) groups excluding carboxylic acids is 1. The van der Waals surface area contributed by atoms with Crippen LogP contribution in [0.5, 0.6) is 5.75 Å². The molecular formula is C14H17ClN2O4. The number of nitro benzene ring substituents is 1. The summed E-state index contributed by atoms with van der Waals surface area (Å²) in [6.07, 6.45) is 3.35. The Kier molecular flexibility index (Phi) is 5.01. The molecule has 7 heteroatoms. The third kappa shape index (κ3) is 3.64. The molecule has 1 saturated carbocycles. The fourth-order valence-electron chi connectivity index (χ4n) is 2.52. The van der Waals surface area contributed by atoms with E-state index in [4.69, 9.17) is 16.3 Å². The van der Waals surface area contributed by atoms with E-state index in [0.29, 0.717) is 0 Å². The van der Waals surface area contributed by atoms with Crippen LogP contribution in [0, 0.1) is 10.1 Å². The van der Waals surface area contributed by atoms with Crippen LogP contribution < -0.4 is 10.1 Å². The highest BCUT2D eigenvalue weighted by Gasteiger charge is 2.26. The fourth-order valence-corrected chi connectivity index (χ4v) is 2.77. The summed E-state index contributed by atoms with van der Waals surface area (Å²) in [6, 6.07) is 4.37. The second-order valence-corrected chi connectivity index (χ2v) is 5.65. The number of benzene rings is 1. The van der Waals surface area contributed by atoms with Crippen molar-refractivity contribution in [1.29, 1.82) is 0 Å². The van der Waals surface area contributed by atoms with Crippen molar-refractivity contribution in [3.8, 4) is 5.75 Å². The van der Waals surface area contributed by atoms with Gasteiger partial charge in [-0.2, -0.15) is 0 Å². The van der Waals surface area contributed by atoms with Gasteiger partial charge in [-0.05, 0) is 31.7 Å². The Balaban J connectivity index is 2.15. The quantitative estimate of drug-likeness (QED) is 0.526. The SMILES string of the molecule is COc1c(C(=O)NC2CCC(Cl)CC2)cccc1[N+](=O)[O-]. The first-order valence-corrected chi connectivity index (χ1v) is 7.23. The van der Waals surface area contributed by atoms with Crippen molar-refractivity contribution in [2.24, 2.45) is 0 Å². The predicted molar refractivity (Wildman–Crippen MR) is 79.0 cm³/mol. The fraction of sp³-hybridized carbons (Fsp3) is 0.500. The molecule has 0 heterocycles. The summed E-state index contributed by atoms with van der Waals surface area (Å²) in [5, 5.41) is 14.0. The Bertz CT molecular complexity index is 542. The van der Waals surface area contributed by atoms with Gasteiger partial charge in [0.25, 0.3) is 5.91 Å². The Morgan fingerprint density at radius 2 is 2.05 bits per heavy atom. The zero-order valence-electron chi connectivity index (χ0n) is 11.7. The molecular weight excluding hydrogens is 296 g/mol. The maximum atomic E-state index is 12.3. The van der Waals surface area contributed by atoms with Crippen molar-refractivity contribution in [2.45, 2.75) is 37.1 Å². The van der Waals surface area contributed by atoms with Crippen LogP contribution in [-0.4, -0.2) is 29.4 Å². The van der Waals surface area contributed by atoms with Crippen LogP contribution in [-0.2, 0) is 0 Å². The largest absolute Gasteiger partial charge is 0.490 e. The van der Waals surface area contributed by atoms with Crippen LogP contribution in [0.1, 0.15) is 36.0 Å². The number of halogens is 1. The first-order chi connectivity index (χ1) is 10.0. The average molecular weight is 313 g/mol. The molecule has 0 spiro atoms. The second-order valence-electron chi connectivity index (χ2n) is 5.04. The van der Waals surface area contributed by atoms with Crippen LogP contribution in [0.15, 0.2) is 18.2 Å². The highest BCUT2D eigenvalue weighted by molar-refractivity contribution is 6.20. The third-order valence-electron chi connectivity index (χ3n) is 3.63. The van der Waals surface area contributed by atoms with Crippen molar-refractivity contribution < 1.29 is 14.5 Å². The summed E-state index contributed by atoms with van der Waals surface area (Å²) in [7, 11) is 1.32. The summed E-state index contributed by atoms with van der Waals surface area (Å²) in [5.74, 6) is -0.361. The minimum atomic E-state index is -0.561.